The number of halogens is 2. The first kappa shape index (κ1) is 26.1. The third-order valence-electron chi connectivity index (χ3n) is 6.87. The SMILES string of the molecule is Nc1nn(-c2cc(F)cc(F)c2)c(=O)c(OC2CCCC2)c1N1CCN(S(=O)(=O)Cc2ccccc2)CC1. The van der Waals surface area contributed by atoms with Crippen LogP contribution in [0, 0.1) is 11.6 Å². The van der Waals surface area contributed by atoms with Crippen molar-refractivity contribution in [3.8, 4) is 11.4 Å². The smallest absolute Gasteiger partial charge is 0.316 e. The minimum absolute atomic E-state index is 0.0466. The van der Waals surface area contributed by atoms with E-state index in [0.29, 0.717) is 11.6 Å². The van der Waals surface area contributed by atoms with Crippen molar-refractivity contribution in [2.75, 3.05) is 36.8 Å². The van der Waals surface area contributed by atoms with Crippen LogP contribution in [0.15, 0.2) is 53.3 Å². The second-order valence-electron chi connectivity index (χ2n) is 9.56. The normalized spacial score (nSPS) is 17.2. The lowest BCUT2D eigenvalue weighted by Crippen LogP contribution is -2.49. The van der Waals surface area contributed by atoms with Gasteiger partial charge in [0.05, 0.1) is 17.5 Å². The third kappa shape index (κ3) is 5.51. The Morgan fingerprint density at radius 3 is 2.24 bits per heavy atom. The zero-order valence-corrected chi connectivity index (χ0v) is 21.5. The molecule has 0 radical (unpaired) electrons. The van der Waals surface area contributed by atoms with E-state index in [2.05, 4.69) is 5.10 Å². The number of rotatable bonds is 7. The highest BCUT2D eigenvalue weighted by molar-refractivity contribution is 7.88. The second kappa shape index (κ2) is 10.7. The van der Waals surface area contributed by atoms with Crippen molar-refractivity contribution in [2.45, 2.75) is 37.5 Å². The Balaban J connectivity index is 1.44. The maximum atomic E-state index is 13.9. The predicted octanol–water partition coefficient (Wildman–Crippen LogP) is 3.07. The molecule has 1 saturated carbocycles. The van der Waals surface area contributed by atoms with E-state index in [0.717, 1.165) is 42.5 Å². The van der Waals surface area contributed by atoms with E-state index in [9.17, 15) is 22.0 Å². The van der Waals surface area contributed by atoms with Gasteiger partial charge in [-0.1, -0.05) is 30.3 Å². The quantitative estimate of drug-likeness (QED) is 0.486. The molecule has 1 aliphatic heterocycles. The minimum Gasteiger partial charge on any atom is -0.483 e. The van der Waals surface area contributed by atoms with Gasteiger partial charge in [0.15, 0.2) is 5.82 Å². The molecule has 2 heterocycles. The van der Waals surface area contributed by atoms with Crippen LogP contribution in [0.4, 0.5) is 20.3 Å². The van der Waals surface area contributed by atoms with Crippen LogP contribution >= 0.6 is 0 Å². The van der Waals surface area contributed by atoms with Gasteiger partial charge in [-0.2, -0.15) is 8.99 Å². The minimum atomic E-state index is -3.55. The average molecular weight is 546 g/mol. The third-order valence-corrected chi connectivity index (χ3v) is 8.72. The van der Waals surface area contributed by atoms with Crippen molar-refractivity contribution in [3.63, 3.8) is 0 Å². The van der Waals surface area contributed by atoms with Crippen LogP contribution in [0.1, 0.15) is 31.2 Å². The lowest BCUT2D eigenvalue weighted by atomic mass is 10.2. The van der Waals surface area contributed by atoms with Gasteiger partial charge in [0, 0.05) is 32.2 Å². The van der Waals surface area contributed by atoms with Crippen molar-refractivity contribution >= 4 is 21.5 Å². The summed E-state index contributed by atoms with van der Waals surface area (Å²) in [6, 6.07) is 11.7. The van der Waals surface area contributed by atoms with Crippen molar-refractivity contribution in [2.24, 2.45) is 0 Å². The number of nitrogen functional groups attached to an aromatic ring is 1. The Labute approximate surface area is 219 Å². The molecule has 2 fully saturated rings. The predicted molar refractivity (Wildman–Crippen MR) is 140 cm³/mol. The van der Waals surface area contributed by atoms with Crippen molar-refractivity contribution in [1.29, 1.82) is 0 Å². The maximum absolute atomic E-state index is 13.9. The Hall–Kier alpha value is -3.51. The van der Waals surface area contributed by atoms with Crippen LogP contribution in [0.5, 0.6) is 5.75 Å². The van der Waals surface area contributed by atoms with Crippen LogP contribution in [0.2, 0.25) is 0 Å². The summed E-state index contributed by atoms with van der Waals surface area (Å²) in [5.74, 6) is -1.92. The molecule has 1 aromatic heterocycles. The fraction of sp³-hybridized carbons (Fsp3) is 0.385. The summed E-state index contributed by atoms with van der Waals surface area (Å²) in [5.41, 5.74) is 6.49. The van der Waals surface area contributed by atoms with Gasteiger partial charge in [-0.15, -0.1) is 5.10 Å². The first-order valence-electron chi connectivity index (χ1n) is 12.5. The second-order valence-corrected chi connectivity index (χ2v) is 11.5. The zero-order valence-electron chi connectivity index (χ0n) is 20.7. The summed E-state index contributed by atoms with van der Waals surface area (Å²) < 4.78 is 62.2. The highest BCUT2D eigenvalue weighted by Crippen LogP contribution is 2.34. The molecular weight excluding hydrogens is 516 g/mol. The number of sulfonamides is 1. The molecule has 2 N–H and O–H groups in total. The summed E-state index contributed by atoms with van der Waals surface area (Å²) in [6.45, 7) is 0.906. The molecule has 1 saturated heterocycles. The van der Waals surface area contributed by atoms with E-state index in [1.54, 1.807) is 29.2 Å². The molecule has 12 heteroatoms. The summed E-state index contributed by atoms with van der Waals surface area (Å²) in [6.07, 6.45) is 3.25. The molecular formula is C26H29F2N5O4S. The topological polar surface area (TPSA) is 111 Å². The van der Waals surface area contributed by atoms with Gasteiger partial charge in [0.2, 0.25) is 15.8 Å². The number of benzene rings is 2. The van der Waals surface area contributed by atoms with E-state index in [1.807, 2.05) is 6.07 Å². The fourth-order valence-electron chi connectivity index (χ4n) is 5.00. The Morgan fingerprint density at radius 2 is 1.61 bits per heavy atom. The van der Waals surface area contributed by atoms with E-state index < -0.39 is 27.2 Å². The largest absolute Gasteiger partial charge is 0.483 e. The molecule has 9 nitrogen and oxygen atoms in total. The highest BCUT2D eigenvalue weighted by Gasteiger charge is 2.32. The van der Waals surface area contributed by atoms with Crippen LogP contribution in [0.3, 0.4) is 0 Å². The lowest BCUT2D eigenvalue weighted by molar-refractivity contribution is 0.206. The molecule has 0 spiro atoms. The molecule has 2 aliphatic rings. The standard InChI is InChI=1S/C26H29F2N5O4S/c27-19-14-20(28)16-21(15-19)33-26(34)24(37-22-8-4-5-9-22)23(25(29)30-33)31-10-12-32(13-11-31)38(35,36)17-18-6-2-1-3-7-18/h1-3,6-7,14-16,22H,4-5,8-13,17H2,(H2,29,30). The van der Waals surface area contributed by atoms with Crippen molar-refractivity contribution in [1.82, 2.24) is 14.1 Å². The molecule has 0 amide bonds. The van der Waals surface area contributed by atoms with Crippen LogP contribution in [-0.4, -0.2) is 54.8 Å². The van der Waals surface area contributed by atoms with Crippen LogP contribution in [0.25, 0.3) is 5.69 Å². The first-order chi connectivity index (χ1) is 18.2. The number of anilines is 2. The number of nitrogens with zero attached hydrogens (tertiary/aromatic N) is 4. The first-order valence-corrected chi connectivity index (χ1v) is 14.1. The van der Waals surface area contributed by atoms with Gasteiger partial charge >= 0.3 is 5.56 Å². The summed E-state index contributed by atoms with van der Waals surface area (Å²) >= 11 is 0. The molecule has 38 heavy (non-hydrogen) atoms. The number of nitrogens with two attached hydrogens (primary N) is 1. The summed E-state index contributed by atoms with van der Waals surface area (Å²) in [5, 5.41) is 4.15. The summed E-state index contributed by atoms with van der Waals surface area (Å²) in [7, 11) is -3.55. The molecule has 1 aliphatic carbocycles. The molecule has 0 unspecified atom stereocenters. The van der Waals surface area contributed by atoms with E-state index in [-0.39, 0.29) is 61.0 Å². The number of piperazine rings is 1. The lowest BCUT2D eigenvalue weighted by Gasteiger charge is -2.36. The molecule has 0 atom stereocenters. The zero-order chi connectivity index (χ0) is 26.9. The van der Waals surface area contributed by atoms with E-state index in [1.165, 1.54) is 4.31 Å². The van der Waals surface area contributed by atoms with Gasteiger partial charge in [-0.25, -0.2) is 17.2 Å². The van der Waals surface area contributed by atoms with Gasteiger partial charge in [0.25, 0.3) is 0 Å². The highest BCUT2D eigenvalue weighted by atomic mass is 32.2. The molecule has 202 valence electrons. The van der Waals surface area contributed by atoms with Gasteiger partial charge in [-0.3, -0.25) is 4.79 Å². The van der Waals surface area contributed by atoms with Gasteiger partial charge in [0.1, 0.15) is 17.3 Å². The van der Waals surface area contributed by atoms with E-state index >= 15 is 0 Å². The molecule has 0 bridgehead atoms. The van der Waals surface area contributed by atoms with Gasteiger partial charge in [-0.05, 0) is 43.4 Å². The maximum Gasteiger partial charge on any atom is 0.316 e. The number of aromatic nitrogens is 2. The van der Waals surface area contributed by atoms with Crippen LogP contribution in [-0.2, 0) is 15.8 Å². The van der Waals surface area contributed by atoms with Crippen molar-refractivity contribution < 1.29 is 21.9 Å². The molecule has 2 aromatic carbocycles. The average Bonchev–Trinajstić information content (AvgIpc) is 3.39. The van der Waals surface area contributed by atoms with Crippen molar-refractivity contribution in [3.05, 3.63) is 76.1 Å². The molecule has 3 aromatic rings. The number of hydrogen-bond donors (Lipinski definition) is 1. The fourth-order valence-corrected chi connectivity index (χ4v) is 6.52. The van der Waals surface area contributed by atoms with E-state index in [4.69, 9.17) is 10.5 Å². The Morgan fingerprint density at radius 1 is 0.974 bits per heavy atom. The Kier molecular flexibility index (Phi) is 7.35. The number of hydrogen-bond acceptors (Lipinski definition) is 7. The molecule has 5 rings (SSSR count). The monoisotopic (exact) mass is 545 g/mol. The summed E-state index contributed by atoms with van der Waals surface area (Å²) in [4.78, 5) is 15.4. The van der Waals surface area contributed by atoms with Gasteiger partial charge < -0.3 is 15.4 Å². The van der Waals surface area contributed by atoms with Crippen LogP contribution < -0.4 is 20.9 Å². The number of ether oxygens (including phenoxy) is 1. The Bertz CT molecular complexity index is 1450.